The summed E-state index contributed by atoms with van der Waals surface area (Å²) in [5.74, 6) is -0.309. The third kappa shape index (κ3) is 5.74. The van der Waals surface area contributed by atoms with E-state index >= 15 is 0 Å². The van der Waals surface area contributed by atoms with Gasteiger partial charge in [-0.25, -0.2) is 4.98 Å². The highest BCUT2D eigenvalue weighted by Crippen LogP contribution is 2.35. The number of hydrogen-bond acceptors (Lipinski definition) is 5. The molecule has 33 heavy (non-hydrogen) atoms. The van der Waals surface area contributed by atoms with E-state index in [9.17, 15) is 9.59 Å². The second-order valence-electron chi connectivity index (χ2n) is 7.47. The van der Waals surface area contributed by atoms with Gasteiger partial charge in [-0.2, -0.15) is 0 Å². The topological polar surface area (TPSA) is 71.1 Å². The van der Waals surface area contributed by atoms with Crippen LogP contribution < -0.4 is 10.6 Å². The number of amides is 2. The fourth-order valence-corrected chi connectivity index (χ4v) is 5.67. The van der Waals surface area contributed by atoms with E-state index in [4.69, 9.17) is 11.6 Å². The fraction of sp³-hybridized carbons (Fsp3) is 0.160. The van der Waals surface area contributed by atoms with Crippen molar-refractivity contribution in [2.24, 2.45) is 0 Å². The molecule has 2 amide bonds. The first-order valence-corrected chi connectivity index (χ1v) is 12.5. The lowest BCUT2D eigenvalue weighted by Gasteiger charge is -2.13. The van der Waals surface area contributed by atoms with E-state index in [-0.39, 0.29) is 17.1 Å². The molecule has 1 heterocycles. The molecular formula is C25H22ClN3O2S2. The molecule has 0 saturated carbocycles. The van der Waals surface area contributed by atoms with Crippen molar-refractivity contribution in [2.45, 2.75) is 29.9 Å². The molecule has 1 atom stereocenters. The molecule has 0 saturated heterocycles. The zero-order valence-electron chi connectivity index (χ0n) is 18.1. The Morgan fingerprint density at radius 1 is 1.03 bits per heavy atom. The van der Waals surface area contributed by atoms with Crippen molar-refractivity contribution in [3.05, 3.63) is 82.9 Å². The van der Waals surface area contributed by atoms with Gasteiger partial charge in [0.1, 0.15) is 0 Å². The maximum Gasteiger partial charge on any atom is 0.257 e. The van der Waals surface area contributed by atoms with Crippen molar-refractivity contribution in [1.29, 1.82) is 0 Å². The Balaban J connectivity index is 1.46. The number of thioether (sulfide) groups is 1. The molecule has 168 valence electrons. The predicted octanol–water partition coefficient (Wildman–Crippen LogP) is 7.02. The minimum absolute atomic E-state index is 0.0432. The molecule has 1 unspecified atom stereocenters. The lowest BCUT2D eigenvalue weighted by Crippen LogP contribution is -2.24. The van der Waals surface area contributed by atoms with E-state index in [1.165, 1.54) is 23.1 Å². The zero-order valence-corrected chi connectivity index (χ0v) is 20.5. The Labute approximate surface area is 205 Å². The lowest BCUT2D eigenvalue weighted by molar-refractivity contribution is -0.115. The highest BCUT2D eigenvalue weighted by Gasteiger charge is 2.20. The number of carbonyl (C=O) groups excluding carboxylic acids is 2. The number of fused-ring (bicyclic) bond motifs is 1. The molecule has 0 aliphatic heterocycles. The number of rotatable bonds is 7. The van der Waals surface area contributed by atoms with Gasteiger partial charge in [-0.05, 0) is 55.8 Å². The molecule has 8 heteroatoms. The Morgan fingerprint density at radius 3 is 2.48 bits per heavy atom. The zero-order chi connectivity index (χ0) is 23.4. The van der Waals surface area contributed by atoms with Gasteiger partial charge in [0, 0.05) is 11.4 Å². The van der Waals surface area contributed by atoms with Crippen LogP contribution >= 0.6 is 34.7 Å². The molecule has 0 fully saturated rings. The second kappa shape index (κ2) is 10.4. The standard InChI is InChI=1S/C25H22ClN3O2S2/c1-3-21(24(31)27-16-10-8-15(2)9-11-16)32-25-29-20-13-12-17(14-22(20)33-25)28-23(30)18-6-4-5-7-19(18)26/h4-14,21H,3H2,1-2H3,(H,27,31)(H,28,30). The summed E-state index contributed by atoms with van der Waals surface area (Å²) in [5.41, 5.74) is 3.84. The van der Waals surface area contributed by atoms with E-state index in [0.29, 0.717) is 22.7 Å². The summed E-state index contributed by atoms with van der Waals surface area (Å²) >= 11 is 9.08. The average Bonchev–Trinajstić information content (AvgIpc) is 3.21. The SMILES string of the molecule is CCC(Sc1nc2ccc(NC(=O)c3ccccc3Cl)cc2s1)C(=O)Nc1ccc(C)cc1. The van der Waals surface area contributed by atoms with E-state index in [2.05, 4.69) is 15.6 Å². The second-order valence-corrected chi connectivity index (χ2v) is 10.4. The Hall–Kier alpha value is -2.87. The number of nitrogens with zero attached hydrogens (tertiary/aromatic N) is 1. The van der Waals surface area contributed by atoms with Crippen molar-refractivity contribution in [3.8, 4) is 0 Å². The van der Waals surface area contributed by atoms with Gasteiger partial charge in [-0.15, -0.1) is 11.3 Å². The maximum absolute atomic E-state index is 12.8. The van der Waals surface area contributed by atoms with E-state index in [1.807, 2.05) is 56.3 Å². The summed E-state index contributed by atoms with van der Waals surface area (Å²) in [5, 5.41) is 6.02. The van der Waals surface area contributed by atoms with Gasteiger partial charge in [0.15, 0.2) is 4.34 Å². The molecular weight excluding hydrogens is 474 g/mol. The molecule has 0 aliphatic carbocycles. The van der Waals surface area contributed by atoms with Gasteiger partial charge in [-0.1, -0.05) is 60.1 Å². The van der Waals surface area contributed by atoms with Gasteiger partial charge >= 0.3 is 0 Å². The van der Waals surface area contributed by atoms with Crippen LogP contribution in [-0.4, -0.2) is 22.0 Å². The summed E-state index contributed by atoms with van der Waals surface area (Å²) in [6.07, 6.45) is 0.678. The Bertz CT molecular complexity index is 1300. The third-order valence-corrected chi connectivity index (χ3v) is 7.78. The molecule has 2 N–H and O–H groups in total. The predicted molar refractivity (Wildman–Crippen MR) is 139 cm³/mol. The highest BCUT2D eigenvalue weighted by atomic mass is 35.5. The van der Waals surface area contributed by atoms with Crippen LogP contribution in [0.4, 0.5) is 11.4 Å². The van der Waals surface area contributed by atoms with Gasteiger partial charge < -0.3 is 10.6 Å². The maximum atomic E-state index is 12.8. The number of hydrogen-bond donors (Lipinski definition) is 2. The molecule has 4 rings (SSSR count). The van der Waals surface area contributed by atoms with Gasteiger partial charge in [-0.3, -0.25) is 9.59 Å². The molecule has 5 nitrogen and oxygen atoms in total. The van der Waals surface area contributed by atoms with E-state index in [0.717, 1.165) is 25.8 Å². The molecule has 0 spiro atoms. The first-order valence-electron chi connectivity index (χ1n) is 10.4. The third-order valence-electron chi connectivity index (χ3n) is 4.97. The van der Waals surface area contributed by atoms with Crippen LogP contribution in [0, 0.1) is 6.92 Å². The Morgan fingerprint density at radius 2 is 1.76 bits per heavy atom. The van der Waals surface area contributed by atoms with Crippen LogP contribution in [0.15, 0.2) is 71.1 Å². The monoisotopic (exact) mass is 495 g/mol. The fourth-order valence-electron chi connectivity index (χ4n) is 3.18. The van der Waals surface area contributed by atoms with Crippen LogP contribution in [0.1, 0.15) is 29.3 Å². The summed E-state index contributed by atoms with van der Waals surface area (Å²) in [6.45, 7) is 4.00. The summed E-state index contributed by atoms with van der Waals surface area (Å²) in [4.78, 5) is 30.0. The van der Waals surface area contributed by atoms with Crippen molar-refractivity contribution >= 4 is 68.1 Å². The number of aromatic nitrogens is 1. The quantitative estimate of drug-likeness (QED) is 0.270. The highest BCUT2D eigenvalue weighted by molar-refractivity contribution is 8.02. The van der Waals surface area contributed by atoms with Crippen molar-refractivity contribution in [1.82, 2.24) is 4.98 Å². The number of nitrogens with one attached hydrogen (secondary N) is 2. The van der Waals surface area contributed by atoms with Crippen LogP contribution in [0.3, 0.4) is 0 Å². The minimum atomic E-state index is -0.266. The smallest absolute Gasteiger partial charge is 0.257 e. The van der Waals surface area contributed by atoms with Crippen LogP contribution in [0.5, 0.6) is 0 Å². The molecule has 0 aliphatic rings. The molecule has 3 aromatic carbocycles. The minimum Gasteiger partial charge on any atom is -0.325 e. The van der Waals surface area contributed by atoms with E-state index < -0.39 is 0 Å². The van der Waals surface area contributed by atoms with Gasteiger partial charge in [0.25, 0.3) is 5.91 Å². The van der Waals surface area contributed by atoms with Crippen LogP contribution in [0.2, 0.25) is 5.02 Å². The van der Waals surface area contributed by atoms with E-state index in [1.54, 1.807) is 24.3 Å². The first-order chi connectivity index (χ1) is 15.9. The van der Waals surface area contributed by atoms with Gasteiger partial charge in [0.05, 0.1) is 26.1 Å². The number of benzene rings is 3. The summed E-state index contributed by atoms with van der Waals surface area (Å²) in [7, 11) is 0. The lowest BCUT2D eigenvalue weighted by atomic mass is 10.2. The Kier molecular flexibility index (Phi) is 7.33. The summed E-state index contributed by atoms with van der Waals surface area (Å²) < 4.78 is 1.74. The number of aryl methyl sites for hydroxylation is 1. The molecule has 1 aromatic heterocycles. The molecule has 0 bridgehead atoms. The van der Waals surface area contributed by atoms with Gasteiger partial charge in [0.2, 0.25) is 5.91 Å². The van der Waals surface area contributed by atoms with Crippen molar-refractivity contribution < 1.29 is 9.59 Å². The first kappa shape index (κ1) is 23.3. The summed E-state index contributed by atoms with van der Waals surface area (Å²) in [6, 6.07) is 20.2. The molecule has 4 aromatic rings. The number of thiazole rings is 1. The van der Waals surface area contributed by atoms with Crippen molar-refractivity contribution in [2.75, 3.05) is 10.6 Å². The largest absolute Gasteiger partial charge is 0.325 e. The number of anilines is 2. The van der Waals surface area contributed by atoms with Crippen molar-refractivity contribution in [3.63, 3.8) is 0 Å². The number of carbonyl (C=O) groups is 2. The molecule has 0 radical (unpaired) electrons. The number of halogens is 1. The van der Waals surface area contributed by atoms with Crippen LogP contribution in [-0.2, 0) is 4.79 Å². The average molecular weight is 496 g/mol. The normalized spacial score (nSPS) is 11.8. The van der Waals surface area contributed by atoms with Crippen LogP contribution in [0.25, 0.3) is 10.2 Å².